The van der Waals surface area contributed by atoms with Crippen LogP contribution in [0.1, 0.15) is 12.6 Å². The molecule has 5 nitrogen and oxygen atoms in total. The molecular formula is C12H17N3O2S. The highest BCUT2D eigenvalue weighted by atomic mass is 32.1. The quantitative estimate of drug-likeness (QED) is 0.768. The molecule has 0 bridgehead atoms. The number of pyridine rings is 1. The lowest BCUT2D eigenvalue weighted by atomic mass is 10.1. The predicted molar refractivity (Wildman–Crippen MR) is 73.8 cm³/mol. The van der Waals surface area contributed by atoms with Crippen molar-refractivity contribution in [3.05, 3.63) is 24.0 Å². The summed E-state index contributed by atoms with van der Waals surface area (Å²) in [6.07, 6.45) is 1.54. The fourth-order valence-electron chi connectivity index (χ4n) is 2.18. The van der Waals surface area contributed by atoms with E-state index in [1.165, 1.54) is 0 Å². The number of hydrogen-bond donors (Lipinski definition) is 2. The number of thiocarbonyl (C=S) groups is 1. The number of morpholine rings is 1. The number of aromatic nitrogens is 1. The molecule has 1 aromatic rings. The van der Waals surface area contributed by atoms with Crippen molar-refractivity contribution in [2.24, 2.45) is 5.73 Å². The largest absolute Gasteiger partial charge is 0.394 e. The van der Waals surface area contributed by atoms with Gasteiger partial charge in [-0.1, -0.05) is 12.2 Å². The van der Waals surface area contributed by atoms with Crippen LogP contribution < -0.4 is 10.6 Å². The van der Waals surface area contributed by atoms with Gasteiger partial charge in [-0.25, -0.2) is 0 Å². The SMILES string of the molecule is CC1CN(c2cccnc2C(N)=S)CC(CO)O1. The maximum Gasteiger partial charge on any atom is 0.124 e. The van der Waals surface area contributed by atoms with Crippen molar-refractivity contribution in [2.45, 2.75) is 19.1 Å². The van der Waals surface area contributed by atoms with E-state index in [-0.39, 0.29) is 23.8 Å². The molecule has 1 aromatic heterocycles. The predicted octanol–water partition coefficient (Wildman–Crippen LogP) is 0.302. The first-order chi connectivity index (χ1) is 8.61. The van der Waals surface area contributed by atoms with Crippen LogP contribution in [0.2, 0.25) is 0 Å². The Bertz CT molecular complexity index is 441. The summed E-state index contributed by atoms with van der Waals surface area (Å²) in [7, 11) is 0. The minimum absolute atomic E-state index is 0.00348. The van der Waals surface area contributed by atoms with E-state index in [2.05, 4.69) is 9.88 Å². The van der Waals surface area contributed by atoms with Crippen molar-refractivity contribution in [1.29, 1.82) is 0 Å². The highest BCUT2D eigenvalue weighted by Crippen LogP contribution is 2.22. The van der Waals surface area contributed by atoms with E-state index in [9.17, 15) is 5.11 Å². The molecule has 1 fully saturated rings. The van der Waals surface area contributed by atoms with Gasteiger partial charge in [-0.2, -0.15) is 0 Å². The summed E-state index contributed by atoms with van der Waals surface area (Å²) in [6.45, 7) is 3.33. The van der Waals surface area contributed by atoms with E-state index >= 15 is 0 Å². The van der Waals surface area contributed by atoms with E-state index in [4.69, 9.17) is 22.7 Å². The van der Waals surface area contributed by atoms with E-state index in [1.54, 1.807) is 6.20 Å². The fraction of sp³-hybridized carbons (Fsp3) is 0.500. The number of aliphatic hydroxyl groups excluding tert-OH is 1. The fourth-order valence-corrected chi connectivity index (χ4v) is 2.34. The Morgan fingerprint density at radius 3 is 3.11 bits per heavy atom. The maximum atomic E-state index is 9.23. The zero-order valence-corrected chi connectivity index (χ0v) is 11.1. The smallest absolute Gasteiger partial charge is 0.124 e. The Hall–Kier alpha value is -1.24. The molecule has 1 saturated heterocycles. The van der Waals surface area contributed by atoms with Crippen molar-refractivity contribution in [3.8, 4) is 0 Å². The second-order valence-electron chi connectivity index (χ2n) is 4.39. The number of anilines is 1. The zero-order chi connectivity index (χ0) is 13.1. The second kappa shape index (κ2) is 5.60. The Morgan fingerprint density at radius 2 is 2.44 bits per heavy atom. The molecule has 1 aliphatic rings. The first kappa shape index (κ1) is 13.2. The van der Waals surface area contributed by atoms with Gasteiger partial charge in [-0.05, 0) is 19.1 Å². The van der Waals surface area contributed by atoms with Crippen molar-refractivity contribution < 1.29 is 9.84 Å². The van der Waals surface area contributed by atoms with Gasteiger partial charge in [0.25, 0.3) is 0 Å². The normalized spacial score (nSPS) is 24.0. The molecule has 6 heteroatoms. The van der Waals surface area contributed by atoms with Gasteiger partial charge in [0.15, 0.2) is 0 Å². The van der Waals surface area contributed by atoms with Gasteiger partial charge in [0.2, 0.25) is 0 Å². The summed E-state index contributed by atoms with van der Waals surface area (Å²) in [4.78, 5) is 6.61. The molecule has 0 saturated carbocycles. The van der Waals surface area contributed by atoms with Crippen LogP contribution in [0.3, 0.4) is 0 Å². The molecule has 0 radical (unpaired) electrons. The van der Waals surface area contributed by atoms with Crippen molar-refractivity contribution in [2.75, 3.05) is 24.6 Å². The maximum absolute atomic E-state index is 9.23. The third-order valence-corrected chi connectivity index (χ3v) is 3.08. The van der Waals surface area contributed by atoms with Gasteiger partial charge in [-0.15, -0.1) is 0 Å². The number of rotatable bonds is 3. The first-order valence-electron chi connectivity index (χ1n) is 5.88. The molecular weight excluding hydrogens is 250 g/mol. The highest BCUT2D eigenvalue weighted by molar-refractivity contribution is 7.80. The van der Waals surface area contributed by atoms with Crippen LogP contribution in [-0.2, 0) is 4.74 Å². The molecule has 1 aliphatic heterocycles. The van der Waals surface area contributed by atoms with Crippen molar-refractivity contribution in [1.82, 2.24) is 4.98 Å². The van der Waals surface area contributed by atoms with E-state index < -0.39 is 0 Å². The lowest BCUT2D eigenvalue weighted by Gasteiger charge is -2.38. The monoisotopic (exact) mass is 267 g/mol. The van der Waals surface area contributed by atoms with Gasteiger partial charge in [0.05, 0.1) is 24.5 Å². The van der Waals surface area contributed by atoms with Gasteiger partial charge >= 0.3 is 0 Å². The Labute approximate surface area is 112 Å². The molecule has 2 unspecified atom stereocenters. The topological polar surface area (TPSA) is 71.6 Å². The zero-order valence-electron chi connectivity index (χ0n) is 10.2. The number of nitrogens with two attached hydrogens (primary N) is 1. The van der Waals surface area contributed by atoms with E-state index in [0.29, 0.717) is 12.2 Å². The number of hydrogen-bond acceptors (Lipinski definition) is 5. The molecule has 3 N–H and O–H groups in total. The van der Waals surface area contributed by atoms with Crippen LogP contribution in [0.15, 0.2) is 18.3 Å². The van der Waals surface area contributed by atoms with Crippen LogP contribution in [0.4, 0.5) is 5.69 Å². The highest BCUT2D eigenvalue weighted by Gasteiger charge is 2.26. The summed E-state index contributed by atoms with van der Waals surface area (Å²) in [5.41, 5.74) is 7.21. The van der Waals surface area contributed by atoms with E-state index in [0.717, 1.165) is 12.2 Å². The lowest BCUT2D eigenvalue weighted by molar-refractivity contribution is -0.0421. The van der Waals surface area contributed by atoms with Gasteiger partial charge in [-0.3, -0.25) is 4.98 Å². The van der Waals surface area contributed by atoms with Crippen molar-refractivity contribution >= 4 is 22.9 Å². The summed E-state index contributed by atoms with van der Waals surface area (Å²) in [5.74, 6) is 0. The van der Waals surface area contributed by atoms with Crippen LogP contribution in [0.25, 0.3) is 0 Å². The minimum atomic E-state index is -0.187. The minimum Gasteiger partial charge on any atom is -0.394 e. The second-order valence-corrected chi connectivity index (χ2v) is 4.83. The third kappa shape index (κ3) is 2.77. The first-order valence-corrected chi connectivity index (χ1v) is 6.28. The summed E-state index contributed by atoms with van der Waals surface area (Å²) >= 11 is 5.01. The molecule has 2 atom stereocenters. The average Bonchev–Trinajstić information content (AvgIpc) is 2.38. The Kier molecular flexibility index (Phi) is 4.11. The van der Waals surface area contributed by atoms with Crippen LogP contribution in [0, 0.1) is 0 Å². The summed E-state index contributed by atoms with van der Waals surface area (Å²) in [6, 6.07) is 3.79. The van der Waals surface area contributed by atoms with Crippen molar-refractivity contribution in [3.63, 3.8) is 0 Å². The molecule has 0 aliphatic carbocycles. The molecule has 18 heavy (non-hydrogen) atoms. The molecule has 98 valence electrons. The Morgan fingerprint density at radius 1 is 1.67 bits per heavy atom. The number of nitrogens with zero attached hydrogens (tertiary/aromatic N) is 2. The summed E-state index contributed by atoms with van der Waals surface area (Å²) in [5, 5.41) is 9.23. The van der Waals surface area contributed by atoms with Crippen LogP contribution in [-0.4, -0.2) is 47.0 Å². The molecule has 0 aromatic carbocycles. The number of ether oxygens (including phenoxy) is 1. The molecule has 2 heterocycles. The summed E-state index contributed by atoms with van der Waals surface area (Å²) < 4.78 is 5.61. The van der Waals surface area contributed by atoms with Crippen LogP contribution >= 0.6 is 12.2 Å². The lowest BCUT2D eigenvalue weighted by Crippen LogP contribution is -2.48. The van der Waals surface area contributed by atoms with Gasteiger partial charge in [0.1, 0.15) is 10.7 Å². The van der Waals surface area contributed by atoms with E-state index in [1.807, 2.05) is 19.1 Å². The van der Waals surface area contributed by atoms with Crippen LogP contribution in [0.5, 0.6) is 0 Å². The standard InChI is InChI=1S/C12H17N3O2S/c1-8-5-15(6-9(7-16)17-8)10-3-2-4-14-11(10)12(13)18/h2-4,8-9,16H,5-7H2,1H3,(H2,13,18). The molecule has 0 spiro atoms. The average molecular weight is 267 g/mol. The van der Waals surface area contributed by atoms with Gasteiger partial charge < -0.3 is 20.5 Å². The Balaban J connectivity index is 2.27. The third-order valence-electron chi connectivity index (χ3n) is 2.89. The van der Waals surface area contributed by atoms with Gasteiger partial charge in [0, 0.05) is 19.3 Å². The molecule has 0 amide bonds. The number of aliphatic hydroxyl groups is 1. The molecule has 2 rings (SSSR count).